The van der Waals surface area contributed by atoms with Crippen LogP contribution in [-0.2, 0) is 22.4 Å². The molecule has 0 radical (unpaired) electrons. The minimum absolute atomic E-state index is 0.111. The van der Waals surface area contributed by atoms with Crippen molar-refractivity contribution in [3.63, 3.8) is 0 Å². The summed E-state index contributed by atoms with van der Waals surface area (Å²) in [7, 11) is 0. The maximum absolute atomic E-state index is 12.0. The molecule has 0 amide bonds. The highest BCUT2D eigenvalue weighted by molar-refractivity contribution is 5.79. The van der Waals surface area contributed by atoms with Crippen molar-refractivity contribution in [2.75, 3.05) is 0 Å². The Morgan fingerprint density at radius 3 is 2.30 bits per heavy atom. The Labute approximate surface area is 137 Å². The Hall–Kier alpha value is -1.88. The van der Waals surface area contributed by atoms with Crippen LogP contribution in [0, 0.1) is 11.8 Å². The molecule has 0 heterocycles. The van der Waals surface area contributed by atoms with E-state index in [0.29, 0.717) is 17.9 Å². The third kappa shape index (κ3) is 4.10. The number of fused-ring (bicyclic) bond motifs is 1. The summed E-state index contributed by atoms with van der Waals surface area (Å²) < 4.78 is 11.0. The van der Waals surface area contributed by atoms with Gasteiger partial charge >= 0.3 is 11.9 Å². The van der Waals surface area contributed by atoms with Crippen molar-refractivity contribution in [1.82, 2.24) is 0 Å². The van der Waals surface area contributed by atoms with Gasteiger partial charge in [0.15, 0.2) is 11.5 Å². The lowest BCUT2D eigenvalue weighted by atomic mass is 9.88. The van der Waals surface area contributed by atoms with Crippen LogP contribution in [-0.4, -0.2) is 18.0 Å². The lowest BCUT2D eigenvalue weighted by Crippen LogP contribution is -2.29. The Morgan fingerprint density at radius 2 is 1.70 bits per heavy atom. The standard InChI is InChI=1S/C18H25NO4/c1-10(2)17(20)22-15-8-5-12-9-13(19)6-7-14(12)16(15)23-18(21)11(3)4/h5,8,10-11,13H,6-7,9,19H2,1-4H3/t13-/m1/s1. The molecule has 0 bridgehead atoms. The monoisotopic (exact) mass is 319 g/mol. The predicted molar refractivity (Wildman–Crippen MR) is 87.4 cm³/mol. The molecule has 1 aromatic carbocycles. The lowest BCUT2D eigenvalue weighted by Gasteiger charge is -2.25. The first-order valence-electron chi connectivity index (χ1n) is 8.13. The zero-order valence-corrected chi connectivity index (χ0v) is 14.2. The number of rotatable bonds is 4. The fourth-order valence-electron chi connectivity index (χ4n) is 2.46. The van der Waals surface area contributed by atoms with E-state index in [9.17, 15) is 9.59 Å². The molecule has 1 aromatic rings. The van der Waals surface area contributed by atoms with Crippen LogP contribution in [0.4, 0.5) is 0 Å². The summed E-state index contributed by atoms with van der Waals surface area (Å²) in [6.07, 6.45) is 2.27. The average molecular weight is 319 g/mol. The summed E-state index contributed by atoms with van der Waals surface area (Å²) in [5.74, 6) is -0.512. The first-order chi connectivity index (χ1) is 10.8. The quantitative estimate of drug-likeness (QED) is 0.682. The Kier molecular flexibility index (Phi) is 5.42. The summed E-state index contributed by atoms with van der Waals surface area (Å²) in [4.78, 5) is 24.0. The third-order valence-electron chi connectivity index (χ3n) is 3.92. The molecule has 0 spiro atoms. The molecule has 1 aliphatic carbocycles. The van der Waals surface area contributed by atoms with Crippen molar-refractivity contribution >= 4 is 11.9 Å². The van der Waals surface area contributed by atoms with Crippen molar-refractivity contribution in [3.8, 4) is 11.5 Å². The number of ether oxygens (including phenoxy) is 2. The number of hydrogen-bond acceptors (Lipinski definition) is 5. The zero-order valence-electron chi connectivity index (χ0n) is 14.2. The predicted octanol–water partition coefficient (Wildman–Crippen LogP) is 2.63. The maximum atomic E-state index is 12.0. The van der Waals surface area contributed by atoms with Gasteiger partial charge in [0.05, 0.1) is 11.8 Å². The Bertz CT molecular complexity index is 607. The van der Waals surface area contributed by atoms with Gasteiger partial charge in [-0.05, 0) is 30.9 Å². The molecule has 0 unspecified atom stereocenters. The summed E-state index contributed by atoms with van der Waals surface area (Å²) in [5, 5.41) is 0. The first kappa shape index (κ1) is 17.5. The molecule has 0 saturated carbocycles. The molecule has 0 aromatic heterocycles. The summed E-state index contributed by atoms with van der Waals surface area (Å²) in [5.41, 5.74) is 8.00. The van der Waals surface area contributed by atoms with Gasteiger partial charge in [0.25, 0.3) is 0 Å². The van der Waals surface area contributed by atoms with Crippen molar-refractivity contribution in [3.05, 3.63) is 23.3 Å². The van der Waals surface area contributed by atoms with Gasteiger partial charge in [-0.15, -0.1) is 0 Å². The van der Waals surface area contributed by atoms with Gasteiger partial charge in [-0.25, -0.2) is 0 Å². The second-order valence-electron chi connectivity index (χ2n) is 6.68. The van der Waals surface area contributed by atoms with Gasteiger partial charge in [0, 0.05) is 11.6 Å². The van der Waals surface area contributed by atoms with Crippen LogP contribution < -0.4 is 15.2 Å². The zero-order chi connectivity index (χ0) is 17.1. The molecular weight excluding hydrogens is 294 g/mol. The van der Waals surface area contributed by atoms with Crippen LogP contribution >= 0.6 is 0 Å². The number of carbonyl (C=O) groups excluding carboxylic acids is 2. The van der Waals surface area contributed by atoms with E-state index >= 15 is 0 Å². The van der Waals surface area contributed by atoms with Crippen LogP contribution in [0.2, 0.25) is 0 Å². The largest absolute Gasteiger partial charge is 0.422 e. The number of nitrogens with two attached hydrogens (primary N) is 1. The van der Waals surface area contributed by atoms with E-state index in [0.717, 1.165) is 24.0 Å². The van der Waals surface area contributed by atoms with Crippen molar-refractivity contribution < 1.29 is 19.1 Å². The molecule has 126 valence electrons. The molecule has 0 fully saturated rings. The van der Waals surface area contributed by atoms with E-state index in [1.165, 1.54) is 0 Å². The van der Waals surface area contributed by atoms with Gasteiger partial charge in [0.1, 0.15) is 0 Å². The van der Waals surface area contributed by atoms with Crippen LogP contribution in [0.15, 0.2) is 12.1 Å². The van der Waals surface area contributed by atoms with Crippen LogP contribution in [0.5, 0.6) is 11.5 Å². The molecule has 23 heavy (non-hydrogen) atoms. The Balaban J connectivity index is 2.41. The highest BCUT2D eigenvalue weighted by atomic mass is 16.6. The molecule has 2 N–H and O–H groups in total. The van der Waals surface area contributed by atoms with E-state index in [-0.39, 0.29) is 29.8 Å². The second-order valence-corrected chi connectivity index (χ2v) is 6.68. The van der Waals surface area contributed by atoms with E-state index in [1.54, 1.807) is 33.8 Å². The number of hydrogen-bond donors (Lipinski definition) is 1. The van der Waals surface area contributed by atoms with Gasteiger partial charge in [-0.1, -0.05) is 33.8 Å². The normalized spacial score (nSPS) is 17.1. The van der Waals surface area contributed by atoms with Gasteiger partial charge < -0.3 is 15.2 Å². The molecular formula is C18H25NO4. The number of benzene rings is 1. The fraction of sp³-hybridized carbons (Fsp3) is 0.556. The molecule has 5 heteroatoms. The van der Waals surface area contributed by atoms with Gasteiger partial charge in [0.2, 0.25) is 0 Å². The fourth-order valence-corrected chi connectivity index (χ4v) is 2.46. The first-order valence-corrected chi connectivity index (χ1v) is 8.13. The molecule has 0 saturated heterocycles. The summed E-state index contributed by atoms with van der Waals surface area (Å²) in [6.45, 7) is 7.07. The topological polar surface area (TPSA) is 78.6 Å². The molecule has 1 aliphatic rings. The Morgan fingerprint density at radius 1 is 1.09 bits per heavy atom. The van der Waals surface area contributed by atoms with E-state index < -0.39 is 0 Å². The van der Waals surface area contributed by atoms with Crippen LogP contribution in [0.25, 0.3) is 0 Å². The van der Waals surface area contributed by atoms with E-state index in [2.05, 4.69) is 0 Å². The highest BCUT2D eigenvalue weighted by Crippen LogP contribution is 2.38. The molecule has 0 aliphatic heterocycles. The van der Waals surface area contributed by atoms with Crippen molar-refractivity contribution in [2.24, 2.45) is 17.6 Å². The third-order valence-corrected chi connectivity index (χ3v) is 3.92. The average Bonchev–Trinajstić information content (AvgIpc) is 2.48. The lowest BCUT2D eigenvalue weighted by molar-refractivity contribution is -0.140. The number of carbonyl (C=O) groups is 2. The molecule has 5 nitrogen and oxygen atoms in total. The van der Waals surface area contributed by atoms with Crippen molar-refractivity contribution in [2.45, 2.75) is 53.0 Å². The molecule has 1 atom stereocenters. The van der Waals surface area contributed by atoms with Gasteiger partial charge in [-0.3, -0.25) is 9.59 Å². The van der Waals surface area contributed by atoms with E-state index in [1.807, 2.05) is 6.07 Å². The highest BCUT2D eigenvalue weighted by Gasteiger charge is 2.26. The minimum atomic E-state index is -0.348. The SMILES string of the molecule is CC(C)C(=O)Oc1ccc2c(c1OC(=O)C(C)C)CC[C@@H](N)C2. The van der Waals surface area contributed by atoms with E-state index in [4.69, 9.17) is 15.2 Å². The van der Waals surface area contributed by atoms with Crippen LogP contribution in [0.3, 0.4) is 0 Å². The summed E-state index contributed by atoms with van der Waals surface area (Å²) >= 11 is 0. The minimum Gasteiger partial charge on any atom is -0.422 e. The maximum Gasteiger partial charge on any atom is 0.313 e. The van der Waals surface area contributed by atoms with Crippen molar-refractivity contribution in [1.29, 1.82) is 0 Å². The smallest absolute Gasteiger partial charge is 0.313 e. The van der Waals surface area contributed by atoms with Gasteiger partial charge in [-0.2, -0.15) is 0 Å². The number of esters is 2. The van der Waals surface area contributed by atoms with Crippen LogP contribution in [0.1, 0.15) is 45.2 Å². The second kappa shape index (κ2) is 7.13. The summed E-state index contributed by atoms with van der Waals surface area (Å²) in [6, 6.07) is 3.71. The molecule has 2 rings (SSSR count).